The summed E-state index contributed by atoms with van der Waals surface area (Å²) >= 11 is 1.87. The average molecular weight is 269 g/mol. The van der Waals surface area contributed by atoms with Crippen LogP contribution in [0.5, 0.6) is 0 Å². The van der Waals surface area contributed by atoms with Crippen LogP contribution in [0.3, 0.4) is 0 Å². The van der Waals surface area contributed by atoms with Crippen molar-refractivity contribution in [1.82, 2.24) is 0 Å². The third-order valence-electron chi connectivity index (χ3n) is 3.74. The summed E-state index contributed by atoms with van der Waals surface area (Å²) in [7, 11) is 0. The lowest BCUT2D eigenvalue weighted by Gasteiger charge is -2.28. The normalized spacial score (nSPS) is 16.3. The summed E-state index contributed by atoms with van der Waals surface area (Å²) in [5, 5.41) is 2.75. The van der Waals surface area contributed by atoms with Crippen molar-refractivity contribution < 1.29 is 4.74 Å². The highest BCUT2D eigenvalue weighted by Gasteiger charge is 2.12. The second kappa shape index (κ2) is 4.51. The molecule has 19 heavy (non-hydrogen) atoms. The molecule has 4 rings (SSSR count). The Kier molecular flexibility index (Phi) is 2.67. The number of fused-ring (bicyclic) bond motifs is 3. The van der Waals surface area contributed by atoms with E-state index in [-0.39, 0.29) is 0 Å². The Hall–Kier alpha value is -1.58. The lowest BCUT2D eigenvalue weighted by Crippen LogP contribution is -2.36. The van der Waals surface area contributed by atoms with Gasteiger partial charge >= 0.3 is 0 Å². The van der Waals surface area contributed by atoms with Crippen molar-refractivity contribution >= 4 is 37.2 Å². The van der Waals surface area contributed by atoms with E-state index in [2.05, 4.69) is 47.4 Å². The standard InChI is InChI=1S/C16H15NOS/c1-2-4-15-13(3-1)14-11-12(5-6-16(14)19-15)17-7-9-18-10-8-17/h1-6,11H,7-10H2. The van der Waals surface area contributed by atoms with Crippen molar-refractivity contribution in [3.63, 3.8) is 0 Å². The van der Waals surface area contributed by atoms with Crippen LogP contribution >= 0.6 is 11.3 Å². The SMILES string of the molecule is c1ccc2c(c1)sc1ccc(N3CCOCC3)cc12. The summed E-state index contributed by atoms with van der Waals surface area (Å²) in [6, 6.07) is 15.5. The zero-order chi connectivity index (χ0) is 12.7. The average Bonchev–Trinajstić information content (AvgIpc) is 2.86. The summed E-state index contributed by atoms with van der Waals surface area (Å²) in [4.78, 5) is 2.41. The quantitative estimate of drug-likeness (QED) is 0.664. The summed E-state index contributed by atoms with van der Waals surface area (Å²) in [6.07, 6.45) is 0. The van der Waals surface area contributed by atoms with Gasteiger partial charge in [0.1, 0.15) is 0 Å². The molecular weight excluding hydrogens is 254 g/mol. The van der Waals surface area contributed by atoms with Crippen LogP contribution in [0.1, 0.15) is 0 Å². The van der Waals surface area contributed by atoms with Crippen LogP contribution in [0.4, 0.5) is 5.69 Å². The fraction of sp³-hybridized carbons (Fsp3) is 0.250. The van der Waals surface area contributed by atoms with Crippen molar-refractivity contribution in [2.45, 2.75) is 0 Å². The van der Waals surface area contributed by atoms with E-state index in [1.807, 2.05) is 11.3 Å². The Morgan fingerprint density at radius 1 is 0.895 bits per heavy atom. The third-order valence-corrected chi connectivity index (χ3v) is 4.89. The highest BCUT2D eigenvalue weighted by molar-refractivity contribution is 7.25. The van der Waals surface area contributed by atoms with Crippen LogP contribution in [0, 0.1) is 0 Å². The molecule has 3 heteroatoms. The molecule has 0 N–H and O–H groups in total. The van der Waals surface area contributed by atoms with Crippen molar-refractivity contribution in [2.75, 3.05) is 31.2 Å². The molecule has 0 atom stereocenters. The Bertz CT molecular complexity index is 728. The molecular formula is C16H15NOS. The summed E-state index contributed by atoms with van der Waals surface area (Å²) in [6.45, 7) is 3.66. The van der Waals surface area contributed by atoms with Crippen LogP contribution in [0.2, 0.25) is 0 Å². The first kappa shape index (κ1) is 11.3. The van der Waals surface area contributed by atoms with E-state index in [4.69, 9.17) is 4.74 Å². The number of hydrogen-bond donors (Lipinski definition) is 0. The van der Waals surface area contributed by atoms with E-state index < -0.39 is 0 Å². The second-order valence-electron chi connectivity index (χ2n) is 4.88. The minimum Gasteiger partial charge on any atom is -0.378 e. The molecule has 1 aromatic heterocycles. The lowest BCUT2D eigenvalue weighted by molar-refractivity contribution is 0.122. The maximum atomic E-state index is 5.42. The van der Waals surface area contributed by atoms with Crippen LogP contribution in [0.15, 0.2) is 42.5 Å². The summed E-state index contributed by atoms with van der Waals surface area (Å²) in [5.74, 6) is 0. The number of nitrogens with zero attached hydrogens (tertiary/aromatic N) is 1. The molecule has 0 spiro atoms. The number of thiophene rings is 1. The number of rotatable bonds is 1. The van der Waals surface area contributed by atoms with E-state index >= 15 is 0 Å². The van der Waals surface area contributed by atoms with E-state index in [0.717, 1.165) is 26.3 Å². The van der Waals surface area contributed by atoms with Gasteiger partial charge in [-0.2, -0.15) is 0 Å². The molecule has 2 nitrogen and oxygen atoms in total. The van der Waals surface area contributed by atoms with Gasteiger partial charge in [-0.1, -0.05) is 18.2 Å². The van der Waals surface area contributed by atoms with Crippen LogP contribution in [-0.4, -0.2) is 26.3 Å². The van der Waals surface area contributed by atoms with Gasteiger partial charge in [-0.05, 0) is 24.3 Å². The first-order valence-electron chi connectivity index (χ1n) is 6.66. The van der Waals surface area contributed by atoms with Gasteiger partial charge in [0.15, 0.2) is 0 Å². The second-order valence-corrected chi connectivity index (χ2v) is 5.96. The first-order chi connectivity index (χ1) is 9.42. The molecule has 2 aromatic carbocycles. The summed E-state index contributed by atoms with van der Waals surface area (Å²) in [5.41, 5.74) is 1.32. The van der Waals surface area contributed by atoms with Crippen molar-refractivity contribution in [3.05, 3.63) is 42.5 Å². The van der Waals surface area contributed by atoms with Gasteiger partial charge in [0, 0.05) is 38.9 Å². The molecule has 1 saturated heterocycles. The number of ether oxygens (including phenoxy) is 1. The highest BCUT2D eigenvalue weighted by Crippen LogP contribution is 2.35. The highest BCUT2D eigenvalue weighted by atomic mass is 32.1. The zero-order valence-electron chi connectivity index (χ0n) is 10.6. The summed E-state index contributed by atoms with van der Waals surface area (Å²) < 4.78 is 8.17. The van der Waals surface area contributed by atoms with Gasteiger partial charge in [-0.3, -0.25) is 0 Å². The van der Waals surface area contributed by atoms with Gasteiger partial charge in [0.25, 0.3) is 0 Å². The molecule has 1 aliphatic heterocycles. The van der Waals surface area contributed by atoms with Crippen LogP contribution in [0.25, 0.3) is 20.2 Å². The van der Waals surface area contributed by atoms with Gasteiger partial charge in [0.2, 0.25) is 0 Å². The van der Waals surface area contributed by atoms with E-state index in [1.165, 1.54) is 25.9 Å². The maximum Gasteiger partial charge on any atom is 0.0642 e. The van der Waals surface area contributed by atoms with Crippen molar-refractivity contribution in [2.24, 2.45) is 0 Å². The molecule has 0 amide bonds. The molecule has 2 heterocycles. The molecule has 3 aromatic rings. The van der Waals surface area contributed by atoms with Gasteiger partial charge in [0.05, 0.1) is 13.2 Å². The third kappa shape index (κ3) is 1.90. The van der Waals surface area contributed by atoms with E-state index in [0.29, 0.717) is 0 Å². The maximum absolute atomic E-state index is 5.42. The molecule has 0 saturated carbocycles. The molecule has 1 fully saturated rings. The minimum absolute atomic E-state index is 0.836. The van der Waals surface area contributed by atoms with Gasteiger partial charge in [-0.15, -0.1) is 11.3 Å². The predicted molar refractivity (Wildman–Crippen MR) is 82.4 cm³/mol. The number of anilines is 1. The fourth-order valence-corrected chi connectivity index (χ4v) is 3.82. The molecule has 96 valence electrons. The molecule has 0 aliphatic carbocycles. The number of hydrogen-bond acceptors (Lipinski definition) is 3. The minimum atomic E-state index is 0.836. The zero-order valence-corrected chi connectivity index (χ0v) is 11.5. The molecule has 1 aliphatic rings. The first-order valence-corrected chi connectivity index (χ1v) is 7.47. The van der Waals surface area contributed by atoms with Crippen molar-refractivity contribution in [3.8, 4) is 0 Å². The smallest absolute Gasteiger partial charge is 0.0642 e. The number of morpholine rings is 1. The number of benzene rings is 2. The van der Waals surface area contributed by atoms with E-state index in [9.17, 15) is 0 Å². The Labute approximate surface area is 116 Å². The van der Waals surface area contributed by atoms with Crippen LogP contribution in [-0.2, 0) is 4.74 Å². The van der Waals surface area contributed by atoms with E-state index in [1.54, 1.807) is 0 Å². The topological polar surface area (TPSA) is 12.5 Å². The lowest BCUT2D eigenvalue weighted by atomic mass is 10.1. The molecule has 0 bridgehead atoms. The Balaban J connectivity index is 1.87. The Morgan fingerprint density at radius 3 is 2.58 bits per heavy atom. The fourth-order valence-electron chi connectivity index (χ4n) is 2.73. The predicted octanol–water partition coefficient (Wildman–Crippen LogP) is 3.89. The van der Waals surface area contributed by atoms with Gasteiger partial charge < -0.3 is 9.64 Å². The van der Waals surface area contributed by atoms with Crippen molar-refractivity contribution in [1.29, 1.82) is 0 Å². The monoisotopic (exact) mass is 269 g/mol. The largest absolute Gasteiger partial charge is 0.378 e. The van der Waals surface area contributed by atoms with Gasteiger partial charge in [-0.25, -0.2) is 0 Å². The Morgan fingerprint density at radius 2 is 1.68 bits per heavy atom. The molecule has 0 radical (unpaired) electrons. The van der Waals surface area contributed by atoms with Crippen LogP contribution < -0.4 is 4.90 Å². The molecule has 0 unspecified atom stereocenters.